The maximum absolute atomic E-state index is 11.9. The maximum Gasteiger partial charge on any atom is 0.258 e. The molecule has 0 radical (unpaired) electrons. The van der Waals surface area contributed by atoms with Crippen molar-refractivity contribution in [1.82, 2.24) is 14.7 Å². The van der Waals surface area contributed by atoms with Gasteiger partial charge in [-0.25, -0.2) is 4.98 Å². The van der Waals surface area contributed by atoms with E-state index in [1.54, 1.807) is 19.4 Å². The normalized spacial score (nSPS) is 11.1. The van der Waals surface area contributed by atoms with Crippen LogP contribution in [-0.4, -0.2) is 42.9 Å². The Kier molecular flexibility index (Phi) is 5.67. The topological polar surface area (TPSA) is 64.9 Å². The van der Waals surface area contributed by atoms with Gasteiger partial charge >= 0.3 is 0 Å². The number of rotatable bonds is 8. The molecule has 0 fully saturated rings. The predicted octanol–water partition coefficient (Wildman–Crippen LogP) is 0.447. The van der Waals surface area contributed by atoms with Crippen LogP contribution in [0.1, 0.15) is 5.69 Å². The Morgan fingerprint density at radius 1 is 1.30 bits per heavy atom. The van der Waals surface area contributed by atoms with E-state index in [0.29, 0.717) is 38.6 Å². The van der Waals surface area contributed by atoms with Gasteiger partial charge < -0.3 is 14.8 Å². The van der Waals surface area contributed by atoms with Crippen LogP contribution in [0, 0.1) is 0 Å². The highest BCUT2D eigenvalue weighted by molar-refractivity contribution is 5.37. The van der Waals surface area contributed by atoms with Crippen LogP contribution in [0.25, 0.3) is 5.65 Å². The Hall–Kier alpha value is -1.76. The predicted molar refractivity (Wildman–Crippen MR) is 75.9 cm³/mol. The molecule has 6 nitrogen and oxygen atoms in total. The molecule has 0 spiro atoms. The summed E-state index contributed by atoms with van der Waals surface area (Å²) in [6, 6.07) is 7.04. The first-order valence-corrected chi connectivity index (χ1v) is 6.56. The lowest BCUT2D eigenvalue weighted by Crippen LogP contribution is -2.23. The van der Waals surface area contributed by atoms with Gasteiger partial charge in [0.1, 0.15) is 5.65 Å². The van der Waals surface area contributed by atoms with Gasteiger partial charge in [-0.2, -0.15) is 0 Å². The fraction of sp³-hybridized carbons (Fsp3) is 0.429. The van der Waals surface area contributed by atoms with Crippen LogP contribution in [0.3, 0.4) is 0 Å². The lowest BCUT2D eigenvalue weighted by Gasteiger charge is -2.06. The smallest absolute Gasteiger partial charge is 0.258 e. The van der Waals surface area contributed by atoms with Crippen LogP contribution in [0.4, 0.5) is 0 Å². The second-order valence-electron chi connectivity index (χ2n) is 4.30. The van der Waals surface area contributed by atoms with Gasteiger partial charge in [-0.05, 0) is 12.1 Å². The molecule has 20 heavy (non-hydrogen) atoms. The number of aromatic nitrogens is 2. The van der Waals surface area contributed by atoms with Gasteiger partial charge in [0.2, 0.25) is 0 Å². The van der Waals surface area contributed by atoms with Crippen molar-refractivity contribution in [1.29, 1.82) is 0 Å². The molecule has 0 saturated heterocycles. The number of nitrogens with one attached hydrogen (secondary N) is 1. The number of hydrogen-bond acceptors (Lipinski definition) is 5. The van der Waals surface area contributed by atoms with Crippen LogP contribution in [0.15, 0.2) is 35.3 Å². The van der Waals surface area contributed by atoms with Crippen molar-refractivity contribution in [2.45, 2.75) is 6.54 Å². The van der Waals surface area contributed by atoms with Gasteiger partial charge in [-0.3, -0.25) is 9.20 Å². The average Bonchev–Trinajstić information content (AvgIpc) is 2.46. The molecule has 1 N–H and O–H groups in total. The van der Waals surface area contributed by atoms with E-state index in [1.807, 2.05) is 18.2 Å². The molecule has 2 rings (SSSR count). The molecule has 0 saturated carbocycles. The van der Waals surface area contributed by atoms with E-state index in [9.17, 15) is 4.79 Å². The van der Waals surface area contributed by atoms with Crippen LogP contribution in [-0.2, 0) is 16.0 Å². The van der Waals surface area contributed by atoms with E-state index >= 15 is 0 Å². The molecule has 0 aliphatic carbocycles. The van der Waals surface area contributed by atoms with Crippen LogP contribution < -0.4 is 10.9 Å². The first-order chi connectivity index (χ1) is 9.81. The lowest BCUT2D eigenvalue weighted by atomic mass is 10.3. The summed E-state index contributed by atoms with van der Waals surface area (Å²) in [6.07, 6.45) is 1.71. The molecule has 0 aliphatic heterocycles. The zero-order valence-electron chi connectivity index (χ0n) is 11.5. The molecule has 0 amide bonds. The van der Waals surface area contributed by atoms with Gasteiger partial charge in [-0.1, -0.05) is 6.07 Å². The zero-order chi connectivity index (χ0) is 14.2. The molecular weight excluding hydrogens is 258 g/mol. The standard InChI is InChI=1S/C14H19N3O3/c1-19-8-9-20-7-5-15-11-12-10-14(18)17-6-3-2-4-13(17)16-12/h2-4,6,10,15H,5,7-9,11H2,1H3. The van der Waals surface area contributed by atoms with E-state index < -0.39 is 0 Å². The first-order valence-electron chi connectivity index (χ1n) is 6.56. The minimum absolute atomic E-state index is 0.0660. The molecule has 0 unspecified atom stereocenters. The number of methoxy groups -OCH3 is 1. The Balaban J connectivity index is 1.83. The Labute approximate surface area is 117 Å². The van der Waals surface area contributed by atoms with Crippen molar-refractivity contribution in [2.24, 2.45) is 0 Å². The maximum atomic E-state index is 11.9. The van der Waals surface area contributed by atoms with Crippen molar-refractivity contribution < 1.29 is 9.47 Å². The van der Waals surface area contributed by atoms with Gasteiger partial charge in [0.05, 0.1) is 25.5 Å². The minimum atomic E-state index is -0.0660. The summed E-state index contributed by atoms with van der Waals surface area (Å²) >= 11 is 0. The van der Waals surface area contributed by atoms with Gasteiger partial charge in [0.25, 0.3) is 5.56 Å². The molecule has 2 aromatic rings. The van der Waals surface area contributed by atoms with E-state index in [2.05, 4.69) is 10.3 Å². The third-order valence-electron chi connectivity index (χ3n) is 2.79. The van der Waals surface area contributed by atoms with E-state index in [4.69, 9.17) is 9.47 Å². The Morgan fingerprint density at radius 3 is 3.05 bits per heavy atom. The van der Waals surface area contributed by atoms with Gasteiger partial charge in [0.15, 0.2) is 0 Å². The third kappa shape index (κ3) is 4.12. The second kappa shape index (κ2) is 7.74. The zero-order valence-corrected chi connectivity index (χ0v) is 11.5. The summed E-state index contributed by atoms with van der Waals surface area (Å²) in [5.41, 5.74) is 1.33. The summed E-state index contributed by atoms with van der Waals surface area (Å²) < 4.78 is 11.7. The quantitative estimate of drug-likeness (QED) is 0.710. The summed E-state index contributed by atoms with van der Waals surface area (Å²) in [4.78, 5) is 16.3. The van der Waals surface area contributed by atoms with Crippen molar-refractivity contribution >= 4 is 5.65 Å². The fourth-order valence-electron chi connectivity index (χ4n) is 1.80. The van der Waals surface area contributed by atoms with E-state index in [0.717, 1.165) is 5.69 Å². The number of hydrogen-bond donors (Lipinski definition) is 1. The lowest BCUT2D eigenvalue weighted by molar-refractivity contribution is 0.0719. The van der Waals surface area contributed by atoms with E-state index in [1.165, 1.54) is 4.40 Å². The molecule has 0 bridgehead atoms. The highest BCUT2D eigenvalue weighted by Crippen LogP contribution is 1.98. The number of ether oxygens (including phenoxy) is 2. The van der Waals surface area contributed by atoms with Crippen LogP contribution in [0.5, 0.6) is 0 Å². The summed E-state index contributed by atoms with van der Waals surface area (Å²) in [7, 11) is 1.64. The number of nitrogens with zero attached hydrogens (tertiary/aromatic N) is 2. The highest BCUT2D eigenvalue weighted by atomic mass is 16.5. The summed E-state index contributed by atoms with van der Waals surface area (Å²) in [5, 5.41) is 3.19. The third-order valence-corrected chi connectivity index (χ3v) is 2.79. The van der Waals surface area contributed by atoms with Gasteiger partial charge in [-0.15, -0.1) is 0 Å². The number of pyridine rings is 1. The minimum Gasteiger partial charge on any atom is -0.382 e. The Morgan fingerprint density at radius 2 is 2.20 bits per heavy atom. The van der Waals surface area contributed by atoms with Crippen LogP contribution in [0.2, 0.25) is 0 Å². The van der Waals surface area contributed by atoms with E-state index in [-0.39, 0.29) is 5.56 Å². The summed E-state index contributed by atoms with van der Waals surface area (Å²) in [6.45, 7) is 3.06. The van der Waals surface area contributed by atoms with Crippen molar-refractivity contribution in [3.05, 3.63) is 46.5 Å². The molecular formula is C14H19N3O3. The molecule has 2 heterocycles. The van der Waals surface area contributed by atoms with Crippen molar-refractivity contribution in [3.8, 4) is 0 Å². The summed E-state index contributed by atoms with van der Waals surface area (Å²) in [5.74, 6) is 0. The molecule has 2 aromatic heterocycles. The molecule has 0 aromatic carbocycles. The molecule has 6 heteroatoms. The highest BCUT2D eigenvalue weighted by Gasteiger charge is 2.01. The number of fused-ring (bicyclic) bond motifs is 1. The van der Waals surface area contributed by atoms with Crippen molar-refractivity contribution in [2.75, 3.05) is 33.5 Å². The largest absolute Gasteiger partial charge is 0.382 e. The monoisotopic (exact) mass is 277 g/mol. The molecule has 108 valence electrons. The van der Waals surface area contributed by atoms with Crippen LogP contribution >= 0.6 is 0 Å². The fourth-order valence-corrected chi connectivity index (χ4v) is 1.80. The molecule has 0 atom stereocenters. The average molecular weight is 277 g/mol. The second-order valence-corrected chi connectivity index (χ2v) is 4.30. The first kappa shape index (κ1) is 14.6. The van der Waals surface area contributed by atoms with Gasteiger partial charge in [0, 0.05) is 32.5 Å². The SMILES string of the molecule is COCCOCCNCc1cc(=O)n2ccccc2n1. The van der Waals surface area contributed by atoms with Crippen molar-refractivity contribution in [3.63, 3.8) is 0 Å². The molecule has 0 aliphatic rings. The Bertz CT molecular complexity index is 597.